The van der Waals surface area contributed by atoms with Gasteiger partial charge in [-0.1, -0.05) is 20.8 Å². The van der Waals surface area contributed by atoms with E-state index in [1.165, 1.54) is 0 Å². The summed E-state index contributed by atoms with van der Waals surface area (Å²) in [4.78, 5) is 0. The van der Waals surface area contributed by atoms with E-state index in [0.717, 1.165) is 0 Å². The van der Waals surface area contributed by atoms with Crippen LogP contribution in [0.25, 0.3) is 0 Å². The van der Waals surface area contributed by atoms with E-state index in [0.29, 0.717) is 6.42 Å². The van der Waals surface area contributed by atoms with Crippen LogP contribution in [0, 0.1) is 17.8 Å². The van der Waals surface area contributed by atoms with E-state index in [2.05, 4.69) is 26.7 Å². The maximum Gasteiger partial charge on any atom is 0.0779 e. The molecule has 0 heterocycles. The van der Waals surface area contributed by atoms with Crippen molar-refractivity contribution in [3.05, 3.63) is 0 Å². The number of hydrogen-bond acceptors (Lipinski definition) is 2. The summed E-state index contributed by atoms with van der Waals surface area (Å²) in [6.45, 7) is 6.28. The van der Waals surface area contributed by atoms with Gasteiger partial charge in [0.15, 0.2) is 0 Å². The Morgan fingerprint density at radius 1 is 1.50 bits per heavy atom. The molecule has 0 amide bonds. The first-order chi connectivity index (χ1) is 5.43. The zero-order valence-electron chi connectivity index (χ0n) is 8.42. The fourth-order valence-corrected chi connectivity index (χ4v) is 1.41. The third-order valence-electron chi connectivity index (χ3n) is 1.85. The van der Waals surface area contributed by atoms with Crippen molar-refractivity contribution in [1.29, 1.82) is 0 Å². The van der Waals surface area contributed by atoms with Crippen LogP contribution in [0.4, 0.5) is 0 Å². The molecule has 0 fully saturated rings. The van der Waals surface area contributed by atoms with Crippen LogP contribution in [-0.2, 0) is 4.74 Å². The standard InChI is InChI=1S/C10H19NO/c1-6-7-8(11)9(12-5)10(2,3)4/h1,8-9H,7,11H2,2-5H3. The number of methoxy groups -OCH3 is 1. The Balaban J connectivity index is 4.26. The third-order valence-corrected chi connectivity index (χ3v) is 1.85. The number of nitrogens with two attached hydrogens (primary N) is 1. The topological polar surface area (TPSA) is 35.2 Å². The molecule has 12 heavy (non-hydrogen) atoms. The van der Waals surface area contributed by atoms with E-state index in [9.17, 15) is 0 Å². The Bertz CT molecular complexity index is 164. The zero-order chi connectivity index (χ0) is 9.78. The molecule has 0 bridgehead atoms. The summed E-state index contributed by atoms with van der Waals surface area (Å²) in [6, 6.07) is -0.0694. The zero-order valence-corrected chi connectivity index (χ0v) is 8.42. The van der Waals surface area contributed by atoms with Gasteiger partial charge in [0.25, 0.3) is 0 Å². The maximum atomic E-state index is 5.86. The van der Waals surface area contributed by atoms with E-state index in [4.69, 9.17) is 16.9 Å². The Labute approximate surface area is 75.5 Å². The van der Waals surface area contributed by atoms with Crippen LogP contribution in [0.15, 0.2) is 0 Å². The lowest BCUT2D eigenvalue weighted by atomic mass is 9.84. The molecular weight excluding hydrogens is 150 g/mol. The van der Waals surface area contributed by atoms with Gasteiger partial charge in [-0.25, -0.2) is 0 Å². The average Bonchev–Trinajstić information content (AvgIpc) is 1.85. The molecule has 0 aromatic rings. The normalized spacial score (nSPS) is 16.7. The van der Waals surface area contributed by atoms with Gasteiger partial charge >= 0.3 is 0 Å². The van der Waals surface area contributed by atoms with Gasteiger partial charge in [0, 0.05) is 19.6 Å². The van der Waals surface area contributed by atoms with E-state index in [1.807, 2.05) is 0 Å². The maximum absolute atomic E-state index is 5.86. The average molecular weight is 169 g/mol. The number of ether oxygens (including phenoxy) is 1. The summed E-state index contributed by atoms with van der Waals surface area (Å²) in [5, 5.41) is 0. The number of hydrogen-bond donors (Lipinski definition) is 1. The second-order valence-electron chi connectivity index (χ2n) is 4.09. The molecule has 0 aliphatic rings. The Morgan fingerprint density at radius 2 is 2.00 bits per heavy atom. The molecule has 2 atom stereocenters. The third kappa shape index (κ3) is 3.25. The van der Waals surface area contributed by atoms with Gasteiger partial charge < -0.3 is 10.5 Å². The molecule has 0 saturated heterocycles. The van der Waals surface area contributed by atoms with Gasteiger partial charge in [0.1, 0.15) is 0 Å². The van der Waals surface area contributed by atoms with Crippen LogP contribution in [0.3, 0.4) is 0 Å². The van der Waals surface area contributed by atoms with E-state index < -0.39 is 0 Å². The molecule has 70 valence electrons. The molecule has 0 saturated carbocycles. The van der Waals surface area contributed by atoms with E-state index >= 15 is 0 Å². The van der Waals surface area contributed by atoms with Crippen LogP contribution in [-0.4, -0.2) is 19.3 Å². The second-order valence-corrected chi connectivity index (χ2v) is 4.09. The molecule has 0 aromatic carbocycles. The minimum atomic E-state index is -0.0694. The van der Waals surface area contributed by atoms with E-state index in [-0.39, 0.29) is 17.6 Å². The van der Waals surface area contributed by atoms with Crippen LogP contribution < -0.4 is 5.73 Å². The molecule has 2 N–H and O–H groups in total. The van der Waals surface area contributed by atoms with Gasteiger partial charge in [-0.2, -0.15) is 0 Å². The lowest BCUT2D eigenvalue weighted by molar-refractivity contribution is -0.000631. The van der Waals surface area contributed by atoms with Crippen LogP contribution >= 0.6 is 0 Å². The minimum Gasteiger partial charge on any atom is -0.379 e. The van der Waals surface area contributed by atoms with Crippen molar-refractivity contribution in [3.63, 3.8) is 0 Å². The van der Waals surface area contributed by atoms with Gasteiger partial charge in [0.05, 0.1) is 6.10 Å². The molecular formula is C10H19NO. The highest BCUT2D eigenvalue weighted by Gasteiger charge is 2.29. The summed E-state index contributed by atoms with van der Waals surface area (Å²) in [6.07, 6.45) is 5.77. The monoisotopic (exact) mass is 169 g/mol. The lowest BCUT2D eigenvalue weighted by Crippen LogP contribution is -2.44. The van der Waals surface area contributed by atoms with Crippen LogP contribution in [0.5, 0.6) is 0 Å². The fourth-order valence-electron chi connectivity index (χ4n) is 1.41. The van der Waals surface area contributed by atoms with Crippen molar-refractivity contribution in [3.8, 4) is 12.3 Å². The van der Waals surface area contributed by atoms with Crippen molar-refractivity contribution in [1.82, 2.24) is 0 Å². The van der Waals surface area contributed by atoms with Crippen molar-refractivity contribution in [2.24, 2.45) is 11.1 Å². The molecule has 0 aliphatic carbocycles. The summed E-state index contributed by atoms with van der Waals surface area (Å²) in [7, 11) is 1.67. The van der Waals surface area contributed by atoms with Gasteiger partial charge in [-0.05, 0) is 5.41 Å². The van der Waals surface area contributed by atoms with Gasteiger partial charge in [0.2, 0.25) is 0 Å². The first kappa shape index (κ1) is 11.5. The highest BCUT2D eigenvalue weighted by Crippen LogP contribution is 2.24. The highest BCUT2D eigenvalue weighted by molar-refractivity contribution is 4.94. The smallest absolute Gasteiger partial charge is 0.0779 e. The minimum absolute atomic E-state index is 0.0218. The predicted molar refractivity (Wildman–Crippen MR) is 51.7 cm³/mol. The SMILES string of the molecule is C#CCC(N)C(OC)C(C)(C)C. The van der Waals surface area contributed by atoms with Crippen molar-refractivity contribution >= 4 is 0 Å². The summed E-state index contributed by atoms with van der Waals surface area (Å²) in [5.41, 5.74) is 5.90. The summed E-state index contributed by atoms with van der Waals surface area (Å²) < 4.78 is 5.31. The second kappa shape index (κ2) is 4.49. The highest BCUT2D eigenvalue weighted by atomic mass is 16.5. The lowest BCUT2D eigenvalue weighted by Gasteiger charge is -2.33. The van der Waals surface area contributed by atoms with E-state index in [1.54, 1.807) is 7.11 Å². The van der Waals surface area contributed by atoms with Crippen molar-refractivity contribution in [2.45, 2.75) is 39.3 Å². The largest absolute Gasteiger partial charge is 0.379 e. The molecule has 2 nitrogen and oxygen atoms in total. The molecule has 0 aromatic heterocycles. The van der Waals surface area contributed by atoms with Crippen LogP contribution in [0.2, 0.25) is 0 Å². The quantitative estimate of drug-likeness (QED) is 0.648. The molecule has 2 unspecified atom stereocenters. The fraction of sp³-hybridized carbons (Fsp3) is 0.800. The van der Waals surface area contributed by atoms with Gasteiger partial charge in [-0.15, -0.1) is 12.3 Å². The molecule has 0 radical (unpaired) electrons. The predicted octanol–water partition coefficient (Wildman–Crippen LogP) is 1.40. The number of terminal acetylenes is 1. The Morgan fingerprint density at radius 3 is 2.25 bits per heavy atom. The number of rotatable bonds is 3. The molecule has 0 aliphatic heterocycles. The first-order valence-electron chi connectivity index (χ1n) is 4.15. The summed E-state index contributed by atoms with van der Waals surface area (Å²) >= 11 is 0. The Hall–Kier alpha value is -0.520. The molecule has 2 heteroatoms. The molecule has 0 rings (SSSR count). The van der Waals surface area contributed by atoms with Crippen LogP contribution in [0.1, 0.15) is 27.2 Å². The Kier molecular flexibility index (Phi) is 4.30. The summed E-state index contributed by atoms with van der Waals surface area (Å²) in [5.74, 6) is 2.55. The van der Waals surface area contributed by atoms with Crippen molar-refractivity contribution in [2.75, 3.05) is 7.11 Å². The first-order valence-corrected chi connectivity index (χ1v) is 4.15. The van der Waals surface area contributed by atoms with Gasteiger partial charge in [-0.3, -0.25) is 0 Å². The molecule has 0 spiro atoms. The van der Waals surface area contributed by atoms with Crippen molar-refractivity contribution < 1.29 is 4.74 Å².